The van der Waals surface area contributed by atoms with Crippen LogP contribution in [0.5, 0.6) is 5.75 Å². The summed E-state index contributed by atoms with van der Waals surface area (Å²) in [5.74, 6) is 0.612. The molecule has 0 unspecified atom stereocenters. The Hall–Kier alpha value is -2.80. The number of ether oxygens (including phenoxy) is 1. The zero-order chi connectivity index (χ0) is 16.8. The quantitative estimate of drug-likeness (QED) is 0.423. The Balaban J connectivity index is 1.53. The predicted molar refractivity (Wildman–Crippen MR) is 93.5 cm³/mol. The second kappa shape index (κ2) is 7.65. The summed E-state index contributed by atoms with van der Waals surface area (Å²) in [5.41, 5.74) is 4.73. The summed E-state index contributed by atoms with van der Waals surface area (Å²) >= 11 is 1.22. The molecule has 0 aliphatic carbocycles. The van der Waals surface area contributed by atoms with Crippen molar-refractivity contribution in [2.75, 3.05) is 12.9 Å². The van der Waals surface area contributed by atoms with Crippen molar-refractivity contribution in [3.05, 3.63) is 54.1 Å². The van der Waals surface area contributed by atoms with Crippen LogP contribution < -0.4 is 10.2 Å². The largest absolute Gasteiger partial charge is 0.496 e. The summed E-state index contributed by atoms with van der Waals surface area (Å²) in [5, 5.41) is 4.39. The Morgan fingerprint density at radius 2 is 2.08 bits per heavy atom. The first-order chi connectivity index (χ1) is 11.8. The third-order valence-electron chi connectivity index (χ3n) is 3.13. The molecule has 0 bridgehead atoms. The molecule has 0 spiro atoms. The molecule has 0 fully saturated rings. The number of para-hydroxylation sites is 3. The van der Waals surface area contributed by atoms with E-state index in [4.69, 9.17) is 9.15 Å². The Labute approximate surface area is 142 Å². The summed E-state index contributed by atoms with van der Waals surface area (Å²) < 4.78 is 10.7. The minimum atomic E-state index is -0.242. The van der Waals surface area contributed by atoms with Gasteiger partial charge in [0.15, 0.2) is 5.58 Å². The van der Waals surface area contributed by atoms with E-state index in [1.165, 1.54) is 11.8 Å². The molecule has 1 heterocycles. The molecule has 1 aromatic heterocycles. The molecule has 0 aliphatic heterocycles. The molecule has 2 aromatic carbocycles. The van der Waals surface area contributed by atoms with Crippen molar-refractivity contribution in [2.24, 2.45) is 5.10 Å². The number of fused-ring (bicyclic) bond motifs is 1. The van der Waals surface area contributed by atoms with Crippen molar-refractivity contribution in [1.82, 2.24) is 10.4 Å². The highest BCUT2D eigenvalue weighted by atomic mass is 32.2. The van der Waals surface area contributed by atoms with Crippen molar-refractivity contribution < 1.29 is 13.9 Å². The van der Waals surface area contributed by atoms with Crippen LogP contribution in [-0.2, 0) is 4.79 Å². The van der Waals surface area contributed by atoms with Gasteiger partial charge in [0.1, 0.15) is 11.3 Å². The fraction of sp³-hybridized carbons (Fsp3) is 0.118. The number of thioether (sulfide) groups is 1. The van der Waals surface area contributed by atoms with Gasteiger partial charge in [-0.3, -0.25) is 4.79 Å². The lowest BCUT2D eigenvalue weighted by Crippen LogP contribution is -2.19. The summed E-state index contributed by atoms with van der Waals surface area (Å²) in [4.78, 5) is 16.1. The van der Waals surface area contributed by atoms with Crippen LogP contribution in [0.15, 0.2) is 63.3 Å². The van der Waals surface area contributed by atoms with Crippen LogP contribution in [0.1, 0.15) is 5.56 Å². The first kappa shape index (κ1) is 16.1. The third kappa shape index (κ3) is 3.94. The van der Waals surface area contributed by atoms with Gasteiger partial charge in [-0.15, -0.1) is 0 Å². The van der Waals surface area contributed by atoms with Crippen LogP contribution in [0.3, 0.4) is 0 Å². The molecule has 122 valence electrons. The maximum absolute atomic E-state index is 11.8. The summed E-state index contributed by atoms with van der Waals surface area (Å²) in [7, 11) is 1.59. The van der Waals surface area contributed by atoms with Gasteiger partial charge in [-0.05, 0) is 24.3 Å². The Bertz CT molecular complexity index is 843. The topological polar surface area (TPSA) is 76.7 Å². The Kier molecular flexibility index (Phi) is 5.12. The summed E-state index contributed by atoms with van der Waals surface area (Å²) in [6.07, 6.45) is 1.54. The van der Waals surface area contributed by atoms with Gasteiger partial charge < -0.3 is 9.15 Å². The molecule has 0 radical (unpaired) electrons. The van der Waals surface area contributed by atoms with Crippen molar-refractivity contribution in [3.8, 4) is 5.75 Å². The highest BCUT2D eigenvalue weighted by Crippen LogP contribution is 2.22. The Morgan fingerprint density at radius 3 is 2.92 bits per heavy atom. The van der Waals surface area contributed by atoms with E-state index in [0.717, 1.165) is 11.1 Å². The number of hydrogen-bond donors (Lipinski definition) is 1. The van der Waals surface area contributed by atoms with Crippen LogP contribution in [-0.4, -0.2) is 30.0 Å². The van der Waals surface area contributed by atoms with Gasteiger partial charge in [0.25, 0.3) is 11.1 Å². The van der Waals surface area contributed by atoms with Gasteiger partial charge in [-0.25, -0.2) is 10.4 Å². The van der Waals surface area contributed by atoms with Gasteiger partial charge in [0.2, 0.25) is 0 Å². The van der Waals surface area contributed by atoms with Crippen LogP contribution in [0, 0.1) is 0 Å². The predicted octanol–water partition coefficient (Wildman–Crippen LogP) is 3.08. The number of carbonyl (C=O) groups is 1. The molecule has 3 rings (SSSR count). The van der Waals surface area contributed by atoms with Crippen LogP contribution in [0.25, 0.3) is 11.1 Å². The number of hydrogen-bond acceptors (Lipinski definition) is 6. The van der Waals surface area contributed by atoms with E-state index in [0.29, 0.717) is 16.6 Å². The minimum absolute atomic E-state index is 0.163. The standard InChI is InChI=1S/C17H15N3O3S/c1-22-14-8-4-2-6-12(14)10-18-20-16(21)11-24-17-19-13-7-3-5-9-15(13)23-17/h2-10H,11H2,1H3,(H,20,21). The SMILES string of the molecule is COc1ccccc1C=NNC(=O)CSc1nc2ccccc2o1. The number of hydrazone groups is 1. The highest BCUT2D eigenvalue weighted by Gasteiger charge is 2.08. The number of nitrogens with zero attached hydrogens (tertiary/aromatic N) is 2. The zero-order valence-electron chi connectivity index (χ0n) is 12.9. The van der Waals surface area contributed by atoms with Crippen molar-refractivity contribution in [3.63, 3.8) is 0 Å². The average Bonchev–Trinajstić information content (AvgIpc) is 3.03. The molecule has 0 saturated heterocycles. The van der Waals surface area contributed by atoms with E-state index in [9.17, 15) is 4.79 Å². The van der Waals surface area contributed by atoms with Gasteiger partial charge in [0.05, 0.1) is 19.1 Å². The van der Waals surface area contributed by atoms with Gasteiger partial charge in [-0.1, -0.05) is 36.0 Å². The fourth-order valence-corrected chi connectivity index (χ4v) is 2.65. The number of oxazole rings is 1. The molecule has 0 atom stereocenters. The molecule has 24 heavy (non-hydrogen) atoms. The average molecular weight is 341 g/mol. The van der Waals surface area contributed by atoms with Crippen LogP contribution in [0.4, 0.5) is 0 Å². The van der Waals surface area contributed by atoms with Gasteiger partial charge >= 0.3 is 0 Å². The zero-order valence-corrected chi connectivity index (χ0v) is 13.7. The van der Waals surface area contributed by atoms with E-state index in [2.05, 4.69) is 15.5 Å². The molecule has 0 saturated carbocycles. The van der Waals surface area contributed by atoms with Gasteiger partial charge in [0, 0.05) is 5.56 Å². The molecule has 0 aliphatic rings. The molecular weight excluding hydrogens is 326 g/mol. The second-order valence-corrected chi connectivity index (χ2v) is 5.70. The molecule has 1 N–H and O–H groups in total. The summed E-state index contributed by atoms with van der Waals surface area (Å²) in [6, 6.07) is 14.9. The number of nitrogens with one attached hydrogen (secondary N) is 1. The van der Waals surface area contributed by atoms with Crippen LogP contribution in [0.2, 0.25) is 0 Å². The fourth-order valence-electron chi connectivity index (χ4n) is 2.02. The smallest absolute Gasteiger partial charge is 0.257 e. The van der Waals surface area contributed by atoms with Crippen molar-refractivity contribution in [2.45, 2.75) is 5.22 Å². The summed E-state index contributed by atoms with van der Waals surface area (Å²) in [6.45, 7) is 0. The molecule has 3 aromatic rings. The first-order valence-electron chi connectivity index (χ1n) is 7.19. The third-order valence-corrected chi connectivity index (χ3v) is 3.96. The van der Waals surface area contributed by atoms with Gasteiger partial charge in [-0.2, -0.15) is 5.10 Å². The molecule has 6 nitrogen and oxygen atoms in total. The lowest BCUT2D eigenvalue weighted by molar-refractivity contribution is -0.118. The van der Waals surface area contributed by atoms with Crippen molar-refractivity contribution in [1.29, 1.82) is 0 Å². The highest BCUT2D eigenvalue weighted by molar-refractivity contribution is 7.99. The number of benzene rings is 2. The molecule has 7 heteroatoms. The van der Waals surface area contributed by atoms with Crippen molar-refractivity contribution >= 4 is 35.0 Å². The molecular formula is C17H15N3O3S. The van der Waals surface area contributed by atoms with E-state index >= 15 is 0 Å². The lowest BCUT2D eigenvalue weighted by atomic mass is 10.2. The lowest BCUT2D eigenvalue weighted by Gasteiger charge is -2.03. The van der Waals surface area contributed by atoms with E-state index in [1.54, 1.807) is 13.3 Å². The molecule has 1 amide bonds. The first-order valence-corrected chi connectivity index (χ1v) is 8.18. The second-order valence-electron chi connectivity index (χ2n) is 4.77. The van der Waals surface area contributed by atoms with E-state index in [1.807, 2.05) is 48.5 Å². The maximum Gasteiger partial charge on any atom is 0.257 e. The number of aromatic nitrogens is 1. The van der Waals surface area contributed by atoms with Crippen LogP contribution >= 0.6 is 11.8 Å². The normalized spacial score (nSPS) is 11.0. The minimum Gasteiger partial charge on any atom is -0.496 e. The number of amides is 1. The number of methoxy groups -OCH3 is 1. The van der Waals surface area contributed by atoms with E-state index in [-0.39, 0.29) is 11.7 Å². The number of carbonyl (C=O) groups excluding carboxylic acids is 1. The monoisotopic (exact) mass is 341 g/mol. The van der Waals surface area contributed by atoms with E-state index < -0.39 is 0 Å². The maximum atomic E-state index is 11.8. The number of rotatable bonds is 6. The Morgan fingerprint density at radius 1 is 1.29 bits per heavy atom.